The van der Waals surface area contributed by atoms with Crippen LogP contribution in [0.4, 0.5) is 0 Å². The van der Waals surface area contributed by atoms with E-state index in [0.29, 0.717) is 6.61 Å². The van der Waals surface area contributed by atoms with Gasteiger partial charge in [-0.05, 0) is 12.8 Å². The molecule has 2 rings (SSSR count). The Morgan fingerprint density at radius 1 is 1.69 bits per heavy atom. The molecule has 13 heavy (non-hydrogen) atoms. The molecule has 1 N–H and O–H groups in total. The lowest BCUT2D eigenvalue weighted by atomic mass is 9.91. The van der Waals surface area contributed by atoms with Gasteiger partial charge in [-0.1, -0.05) is 0 Å². The zero-order valence-corrected chi connectivity index (χ0v) is 7.73. The number of aromatic nitrogens is 2. The Balaban J connectivity index is 2.22. The molecule has 4 nitrogen and oxygen atoms in total. The first-order valence-corrected chi connectivity index (χ1v) is 4.50. The van der Waals surface area contributed by atoms with Crippen LogP contribution in [-0.2, 0) is 17.4 Å². The molecule has 1 unspecified atom stereocenters. The van der Waals surface area contributed by atoms with Crippen LogP contribution in [-0.4, -0.2) is 28.1 Å². The van der Waals surface area contributed by atoms with Crippen molar-refractivity contribution in [1.29, 1.82) is 0 Å². The van der Waals surface area contributed by atoms with Crippen LogP contribution in [0.3, 0.4) is 0 Å². The molecule has 0 bridgehead atoms. The average Bonchev–Trinajstić information content (AvgIpc) is 2.54. The Hall–Kier alpha value is -0.870. The Kier molecular flexibility index (Phi) is 2.09. The maximum Gasteiger partial charge on any atom is 0.116 e. The summed E-state index contributed by atoms with van der Waals surface area (Å²) in [5.74, 6) is 0. The highest BCUT2D eigenvalue weighted by atomic mass is 16.5. The van der Waals surface area contributed by atoms with Crippen LogP contribution in [0.2, 0.25) is 0 Å². The van der Waals surface area contributed by atoms with E-state index in [-0.39, 0.29) is 0 Å². The number of hydrogen-bond donors (Lipinski definition) is 1. The molecule has 2 heterocycles. The average molecular weight is 182 g/mol. The minimum Gasteiger partial charge on any atom is -0.383 e. The predicted molar refractivity (Wildman–Crippen MR) is 47.2 cm³/mol. The number of aliphatic hydroxyl groups is 1. The lowest BCUT2D eigenvalue weighted by Gasteiger charge is -2.30. The zero-order chi connectivity index (χ0) is 9.31. The second-order valence-electron chi connectivity index (χ2n) is 3.59. The lowest BCUT2D eigenvalue weighted by molar-refractivity contribution is -0.0903. The van der Waals surface area contributed by atoms with Crippen molar-refractivity contribution in [3.8, 4) is 0 Å². The van der Waals surface area contributed by atoms with Crippen LogP contribution in [0, 0.1) is 0 Å². The minimum atomic E-state index is -0.813. The molecular weight excluding hydrogens is 168 g/mol. The van der Waals surface area contributed by atoms with Gasteiger partial charge < -0.3 is 9.84 Å². The number of aryl methyl sites for hydroxylation is 1. The van der Waals surface area contributed by atoms with E-state index < -0.39 is 5.60 Å². The largest absolute Gasteiger partial charge is 0.383 e. The summed E-state index contributed by atoms with van der Waals surface area (Å²) in [5, 5.41) is 14.2. The van der Waals surface area contributed by atoms with Crippen molar-refractivity contribution in [1.82, 2.24) is 9.78 Å². The number of hydrogen-bond acceptors (Lipinski definition) is 3. The van der Waals surface area contributed by atoms with Crippen LogP contribution in [0.5, 0.6) is 0 Å². The topological polar surface area (TPSA) is 47.3 Å². The standard InChI is InChI=1S/C9H14N2O2/c1-11-6-8(5-10-11)9(12)3-2-4-13-7-9/h5-6,12H,2-4,7H2,1H3. The Labute approximate surface area is 77.1 Å². The molecule has 1 aliphatic heterocycles. The molecule has 72 valence electrons. The fourth-order valence-corrected chi connectivity index (χ4v) is 1.67. The van der Waals surface area contributed by atoms with Gasteiger partial charge in [0.1, 0.15) is 5.60 Å². The zero-order valence-electron chi connectivity index (χ0n) is 7.73. The molecule has 4 heteroatoms. The predicted octanol–water partition coefficient (Wildman–Crippen LogP) is 0.418. The quantitative estimate of drug-likeness (QED) is 0.684. The highest BCUT2D eigenvalue weighted by Crippen LogP contribution is 2.29. The minimum absolute atomic E-state index is 0.388. The summed E-state index contributed by atoms with van der Waals surface area (Å²) < 4.78 is 6.96. The van der Waals surface area contributed by atoms with E-state index in [1.54, 1.807) is 10.9 Å². The first-order valence-electron chi connectivity index (χ1n) is 4.50. The SMILES string of the molecule is Cn1cc(C2(O)CCCOC2)cn1. The van der Waals surface area contributed by atoms with Crippen LogP contribution in [0.1, 0.15) is 18.4 Å². The molecule has 0 aliphatic carbocycles. The van der Waals surface area contributed by atoms with E-state index >= 15 is 0 Å². The van der Waals surface area contributed by atoms with Gasteiger partial charge in [-0.3, -0.25) is 4.68 Å². The van der Waals surface area contributed by atoms with E-state index in [9.17, 15) is 5.11 Å². The summed E-state index contributed by atoms with van der Waals surface area (Å²) in [6.07, 6.45) is 5.22. The molecule has 1 atom stereocenters. The molecule has 1 fully saturated rings. The highest BCUT2D eigenvalue weighted by Gasteiger charge is 2.33. The van der Waals surface area contributed by atoms with Crippen molar-refractivity contribution in [2.45, 2.75) is 18.4 Å². The maximum absolute atomic E-state index is 10.2. The van der Waals surface area contributed by atoms with Gasteiger partial charge in [0.15, 0.2) is 0 Å². The summed E-state index contributed by atoms with van der Waals surface area (Å²) in [6.45, 7) is 1.14. The van der Waals surface area contributed by atoms with Crippen molar-refractivity contribution in [2.24, 2.45) is 7.05 Å². The van der Waals surface area contributed by atoms with Gasteiger partial charge in [0.25, 0.3) is 0 Å². The Morgan fingerprint density at radius 2 is 2.54 bits per heavy atom. The molecule has 0 aromatic carbocycles. The van der Waals surface area contributed by atoms with Gasteiger partial charge in [-0.2, -0.15) is 5.10 Å². The van der Waals surface area contributed by atoms with Crippen LogP contribution in [0.25, 0.3) is 0 Å². The third-order valence-corrected chi connectivity index (χ3v) is 2.46. The van der Waals surface area contributed by atoms with Crippen LogP contribution in [0.15, 0.2) is 12.4 Å². The smallest absolute Gasteiger partial charge is 0.116 e. The van der Waals surface area contributed by atoms with Gasteiger partial charge in [-0.25, -0.2) is 0 Å². The van der Waals surface area contributed by atoms with Gasteiger partial charge in [0.2, 0.25) is 0 Å². The van der Waals surface area contributed by atoms with Gasteiger partial charge >= 0.3 is 0 Å². The van der Waals surface area contributed by atoms with E-state index in [4.69, 9.17) is 4.74 Å². The van der Waals surface area contributed by atoms with Crippen molar-refractivity contribution < 1.29 is 9.84 Å². The lowest BCUT2D eigenvalue weighted by Crippen LogP contribution is -2.35. The normalized spacial score (nSPS) is 29.1. The van der Waals surface area contributed by atoms with Gasteiger partial charge in [0, 0.05) is 25.4 Å². The van der Waals surface area contributed by atoms with Crippen molar-refractivity contribution >= 4 is 0 Å². The summed E-state index contributed by atoms with van der Waals surface area (Å²) >= 11 is 0. The summed E-state index contributed by atoms with van der Waals surface area (Å²) in [7, 11) is 1.84. The van der Waals surface area contributed by atoms with Gasteiger partial charge in [-0.15, -0.1) is 0 Å². The third-order valence-electron chi connectivity index (χ3n) is 2.46. The highest BCUT2D eigenvalue weighted by molar-refractivity contribution is 5.15. The number of ether oxygens (including phenoxy) is 1. The first-order chi connectivity index (χ1) is 6.21. The second-order valence-corrected chi connectivity index (χ2v) is 3.59. The monoisotopic (exact) mass is 182 g/mol. The van der Waals surface area contributed by atoms with E-state index in [0.717, 1.165) is 25.0 Å². The molecular formula is C9H14N2O2. The van der Waals surface area contributed by atoms with Crippen molar-refractivity contribution in [3.05, 3.63) is 18.0 Å². The molecule has 0 radical (unpaired) electrons. The van der Waals surface area contributed by atoms with E-state index in [2.05, 4.69) is 5.10 Å². The Morgan fingerprint density at radius 3 is 3.08 bits per heavy atom. The summed E-state index contributed by atoms with van der Waals surface area (Å²) in [5.41, 5.74) is 0.0432. The molecule has 0 amide bonds. The molecule has 0 saturated carbocycles. The second kappa shape index (κ2) is 3.12. The molecule has 1 aromatic heterocycles. The summed E-state index contributed by atoms with van der Waals surface area (Å²) in [4.78, 5) is 0. The number of rotatable bonds is 1. The fraction of sp³-hybridized carbons (Fsp3) is 0.667. The molecule has 1 saturated heterocycles. The fourth-order valence-electron chi connectivity index (χ4n) is 1.67. The van der Waals surface area contributed by atoms with E-state index in [1.807, 2.05) is 13.2 Å². The summed E-state index contributed by atoms with van der Waals surface area (Å²) in [6, 6.07) is 0. The molecule has 0 spiro atoms. The van der Waals surface area contributed by atoms with Crippen molar-refractivity contribution in [2.75, 3.05) is 13.2 Å². The number of nitrogens with zero attached hydrogens (tertiary/aromatic N) is 2. The third kappa shape index (κ3) is 1.59. The van der Waals surface area contributed by atoms with Crippen LogP contribution < -0.4 is 0 Å². The van der Waals surface area contributed by atoms with Crippen molar-refractivity contribution in [3.63, 3.8) is 0 Å². The van der Waals surface area contributed by atoms with E-state index in [1.165, 1.54) is 0 Å². The molecule has 1 aliphatic rings. The first kappa shape index (κ1) is 8.72. The van der Waals surface area contributed by atoms with Crippen LogP contribution >= 0.6 is 0 Å². The Bertz CT molecular complexity index is 290. The molecule has 1 aromatic rings. The van der Waals surface area contributed by atoms with Gasteiger partial charge in [0.05, 0.1) is 12.8 Å². The maximum atomic E-state index is 10.2.